The zero-order valence-electron chi connectivity index (χ0n) is 19.8. The van der Waals surface area contributed by atoms with Crippen LogP contribution >= 0.6 is 0 Å². The molecule has 1 aliphatic carbocycles. The van der Waals surface area contributed by atoms with Crippen LogP contribution < -0.4 is 15.4 Å². The van der Waals surface area contributed by atoms with E-state index in [1.807, 2.05) is 20.0 Å². The first-order chi connectivity index (χ1) is 15.9. The Morgan fingerprint density at radius 3 is 2.64 bits per heavy atom. The quantitative estimate of drug-likeness (QED) is 0.497. The molecule has 0 radical (unpaired) electrons. The number of aromatic nitrogens is 1. The third kappa shape index (κ3) is 5.49. The topological polar surface area (TPSA) is 98.0 Å². The standard InChI is InChI=1S/C25H36N4O4/c1-18(2)17-21(30)33-25(24(26)31)8-3-19(4-9-25)6-11-28-12-14-29(15-13-28)23-22-20(5-10-27-23)7-16-32-22/h5,10,17,19H,3-4,6-9,11-16H2,1-2H3,(H2,26,31). The zero-order valence-corrected chi connectivity index (χ0v) is 19.8. The van der Waals surface area contributed by atoms with Gasteiger partial charge in [0.25, 0.3) is 5.91 Å². The van der Waals surface area contributed by atoms with Gasteiger partial charge in [-0.05, 0) is 64.5 Å². The highest BCUT2D eigenvalue weighted by molar-refractivity contribution is 5.90. The van der Waals surface area contributed by atoms with Crippen LogP contribution in [0.4, 0.5) is 5.82 Å². The van der Waals surface area contributed by atoms with Crippen molar-refractivity contribution in [2.75, 3.05) is 44.2 Å². The van der Waals surface area contributed by atoms with Crippen molar-refractivity contribution in [1.82, 2.24) is 9.88 Å². The lowest BCUT2D eigenvalue weighted by Gasteiger charge is -2.39. The maximum absolute atomic E-state index is 12.1. The lowest BCUT2D eigenvalue weighted by atomic mass is 9.77. The van der Waals surface area contributed by atoms with E-state index in [0.717, 1.165) is 82.2 Å². The van der Waals surface area contributed by atoms with Gasteiger partial charge in [-0.3, -0.25) is 9.69 Å². The average molecular weight is 457 g/mol. The number of piperazine rings is 1. The molecular formula is C25H36N4O4. The summed E-state index contributed by atoms with van der Waals surface area (Å²) >= 11 is 0. The van der Waals surface area contributed by atoms with Crippen LogP contribution in [-0.4, -0.2) is 66.7 Å². The van der Waals surface area contributed by atoms with E-state index in [2.05, 4.69) is 20.9 Å². The smallest absolute Gasteiger partial charge is 0.331 e. The summed E-state index contributed by atoms with van der Waals surface area (Å²) in [6.07, 6.45) is 8.08. The van der Waals surface area contributed by atoms with Gasteiger partial charge in [0.2, 0.25) is 0 Å². The van der Waals surface area contributed by atoms with E-state index in [0.29, 0.717) is 18.8 Å². The van der Waals surface area contributed by atoms with Gasteiger partial charge in [0, 0.05) is 50.4 Å². The fraction of sp³-hybridized carbons (Fsp3) is 0.640. The van der Waals surface area contributed by atoms with Crippen molar-refractivity contribution >= 4 is 17.7 Å². The minimum atomic E-state index is -1.16. The SMILES string of the molecule is CC(C)=CC(=O)OC1(C(N)=O)CCC(CCN2CCN(c3nccc4c3OCC4)CC2)CC1. The second-order valence-electron chi connectivity index (χ2n) is 9.78. The molecule has 3 heterocycles. The predicted molar refractivity (Wildman–Crippen MR) is 126 cm³/mol. The van der Waals surface area contributed by atoms with Gasteiger partial charge in [0.15, 0.2) is 17.2 Å². The number of nitrogens with two attached hydrogens (primary N) is 1. The number of allylic oxidation sites excluding steroid dienone is 1. The second-order valence-corrected chi connectivity index (χ2v) is 9.78. The lowest BCUT2D eigenvalue weighted by molar-refractivity contribution is -0.167. The number of esters is 1. The van der Waals surface area contributed by atoms with Crippen molar-refractivity contribution in [3.8, 4) is 5.75 Å². The maximum atomic E-state index is 12.1. The number of hydrogen-bond acceptors (Lipinski definition) is 7. The first-order valence-corrected chi connectivity index (χ1v) is 12.1. The van der Waals surface area contributed by atoms with Crippen molar-refractivity contribution in [2.24, 2.45) is 11.7 Å². The Labute approximate surface area is 196 Å². The zero-order chi connectivity index (χ0) is 23.4. The number of rotatable bonds is 7. The molecule has 1 saturated carbocycles. The van der Waals surface area contributed by atoms with Gasteiger partial charge in [0.05, 0.1) is 6.61 Å². The maximum Gasteiger partial charge on any atom is 0.331 e. The molecule has 8 heteroatoms. The number of hydrogen-bond donors (Lipinski definition) is 1. The number of primary amides is 1. The molecule has 8 nitrogen and oxygen atoms in total. The highest BCUT2D eigenvalue weighted by atomic mass is 16.6. The second kappa shape index (κ2) is 10.1. The molecule has 2 fully saturated rings. The fourth-order valence-electron chi connectivity index (χ4n) is 5.16. The molecule has 1 amide bonds. The Morgan fingerprint density at radius 1 is 1.24 bits per heavy atom. The van der Waals surface area contributed by atoms with Gasteiger partial charge < -0.3 is 20.1 Å². The van der Waals surface area contributed by atoms with Crippen LogP contribution in [-0.2, 0) is 20.7 Å². The van der Waals surface area contributed by atoms with E-state index >= 15 is 0 Å². The van der Waals surface area contributed by atoms with Crippen molar-refractivity contribution in [1.29, 1.82) is 0 Å². The molecule has 0 aromatic carbocycles. The number of nitrogens with zero attached hydrogens (tertiary/aromatic N) is 3. The van der Waals surface area contributed by atoms with E-state index in [1.54, 1.807) is 0 Å². The van der Waals surface area contributed by atoms with E-state index in [-0.39, 0.29) is 0 Å². The highest BCUT2D eigenvalue weighted by Crippen LogP contribution is 2.37. The monoisotopic (exact) mass is 456 g/mol. The molecular weight excluding hydrogens is 420 g/mol. The summed E-state index contributed by atoms with van der Waals surface area (Å²) in [5.41, 5.74) is 6.60. The molecule has 2 N–H and O–H groups in total. The van der Waals surface area contributed by atoms with Gasteiger partial charge in [-0.1, -0.05) is 5.57 Å². The van der Waals surface area contributed by atoms with Gasteiger partial charge in [-0.2, -0.15) is 0 Å². The van der Waals surface area contributed by atoms with Crippen molar-refractivity contribution in [2.45, 2.75) is 58.0 Å². The van der Waals surface area contributed by atoms with Crippen LogP contribution in [0.5, 0.6) is 5.75 Å². The van der Waals surface area contributed by atoms with Crippen LogP contribution in [0.2, 0.25) is 0 Å². The Bertz CT molecular complexity index is 896. The normalized spacial score (nSPS) is 25.2. The number of carbonyl (C=O) groups excluding carboxylic acids is 2. The molecule has 2 aliphatic heterocycles. The highest BCUT2D eigenvalue weighted by Gasteiger charge is 2.43. The molecule has 0 spiro atoms. The summed E-state index contributed by atoms with van der Waals surface area (Å²) in [5.74, 6) is 1.47. The lowest BCUT2D eigenvalue weighted by Crippen LogP contribution is -2.50. The van der Waals surface area contributed by atoms with Crippen LogP contribution in [0.3, 0.4) is 0 Å². The van der Waals surface area contributed by atoms with Gasteiger partial charge in [0.1, 0.15) is 0 Å². The van der Waals surface area contributed by atoms with E-state index in [1.165, 1.54) is 11.6 Å². The molecule has 0 unspecified atom stereocenters. The Hall–Kier alpha value is -2.61. The van der Waals surface area contributed by atoms with E-state index in [4.69, 9.17) is 15.2 Å². The molecule has 33 heavy (non-hydrogen) atoms. The predicted octanol–water partition coefficient (Wildman–Crippen LogP) is 2.45. The summed E-state index contributed by atoms with van der Waals surface area (Å²) in [7, 11) is 0. The van der Waals surface area contributed by atoms with Crippen LogP contribution in [0.15, 0.2) is 23.9 Å². The Morgan fingerprint density at radius 2 is 1.97 bits per heavy atom. The minimum Gasteiger partial charge on any atom is -0.489 e. The minimum absolute atomic E-state index is 0.478. The number of fused-ring (bicyclic) bond motifs is 1. The molecule has 1 aromatic heterocycles. The number of pyridine rings is 1. The summed E-state index contributed by atoms with van der Waals surface area (Å²) in [5, 5.41) is 0. The number of carbonyl (C=O) groups is 2. The first kappa shape index (κ1) is 23.5. The van der Waals surface area contributed by atoms with Crippen molar-refractivity contribution in [3.05, 3.63) is 29.5 Å². The summed E-state index contributed by atoms with van der Waals surface area (Å²) in [4.78, 5) is 33.7. The first-order valence-electron chi connectivity index (χ1n) is 12.1. The third-order valence-corrected chi connectivity index (χ3v) is 7.17. The summed E-state index contributed by atoms with van der Waals surface area (Å²) in [6, 6.07) is 2.06. The molecule has 3 aliphatic rings. The molecule has 1 aromatic rings. The van der Waals surface area contributed by atoms with E-state index < -0.39 is 17.5 Å². The van der Waals surface area contributed by atoms with Crippen LogP contribution in [0, 0.1) is 5.92 Å². The van der Waals surface area contributed by atoms with Crippen molar-refractivity contribution in [3.63, 3.8) is 0 Å². The number of ether oxygens (including phenoxy) is 2. The van der Waals surface area contributed by atoms with E-state index in [9.17, 15) is 9.59 Å². The average Bonchev–Trinajstić information content (AvgIpc) is 3.27. The Kier molecular flexibility index (Phi) is 7.22. The molecule has 4 rings (SSSR count). The fourth-order valence-corrected chi connectivity index (χ4v) is 5.16. The van der Waals surface area contributed by atoms with Gasteiger partial charge in [-0.25, -0.2) is 9.78 Å². The number of amides is 1. The summed E-state index contributed by atoms with van der Waals surface area (Å²) < 4.78 is 11.4. The van der Waals surface area contributed by atoms with Gasteiger partial charge in [-0.15, -0.1) is 0 Å². The third-order valence-electron chi connectivity index (χ3n) is 7.17. The largest absolute Gasteiger partial charge is 0.489 e. The molecule has 0 bridgehead atoms. The Balaban J connectivity index is 1.23. The molecule has 0 atom stereocenters. The molecule has 1 saturated heterocycles. The van der Waals surface area contributed by atoms with Crippen molar-refractivity contribution < 1.29 is 19.1 Å². The van der Waals surface area contributed by atoms with Gasteiger partial charge >= 0.3 is 5.97 Å². The number of anilines is 1. The van der Waals surface area contributed by atoms with Crippen LogP contribution in [0.25, 0.3) is 0 Å². The van der Waals surface area contributed by atoms with Crippen LogP contribution in [0.1, 0.15) is 51.5 Å². The molecule has 180 valence electrons. The summed E-state index contributed by atoms with van der Waals surface area (Å²) in [6.45, 7) is 9.34.